The van der Waals surface area contributed by atoms with E-state index in [1.165, 1.54) is 0 Å². The summed E-state index contributed by atoms with van der Waals surface area (Å²) in [4.78, 5) is 11.4. The third-order valence-electron chi connectivity index (χ3n) is 2.34. The van der Waals surface area contributed by atoms with Crippen LogP contribution in [0.15, 0.2) is 36.5 Å². The minimum atomic E-state index is -0.216. The van der Waals surface area contributed by atoms with E-state index in [2.05, 4.69) is 10.6 Å². The number of nitrogens with one attached hydrogen (secondary N) is 2. The highest BCUT2D eigenvalue weighted by Gasteiger charge is 2.07. The van der Waals surface area contributed by atoms with Gasteiger partial charge in [0.25, 0.3) is 0 Å². The maximum atomic E-state index is 11.4. The summed E-state index contributed by atoms with van der Waals surface area (Å²) in [6.45, 7) is 3.77. The molecule has 0 saturated carbocycles. The molecule has 1 rings (SSSR count). The number of methoxy groups -OCH3 is 1. The molecule has 0 heterocycles. The number of hydrogen-bond acceptors (Lipinski definition) is 2. The maximum absolute atomic E-state index is 11.4. The first-order valence-electron chi connectivity index (χ1n) is 5.49. The van der Waals surface area contributed by atoms with Crippen molar-refractivity contribution in [3.8, 4) is 5.75 Å². The second-order valence-corrected chi connectivity index (χ2v) is 3.61. The van der Waals surface area contributed by atoms with E-state index in [1.807, 2.05) is 38.1 Å². The van der Waals surface area contributed by atoms with Gasteiger partial charge in [-0.15, -0.1) is 0 Å². The summed E-state index contributed by atoms with van der Waals surface area (Å²) in [6.07, 6.45) is 3.35. The fourth-order valence-corrected chi connectivity index (χ4v) is 1.37. The van der Waals surface area contributed by atoms with Gasteiger partial charge in [-0.2, -0.15) is 0 Å². The van der Waals surface area contributed by atoms with Crippen molar-refractivity contribution in [2.75, 3.05) is 7.11 Å². The zero-order valence-corrected chi connectivity index (χ0v) is 10.4. The van der Waals surface area contributed by atoms with Crippen molar-refractivity contribution < 1.29 is 9.53 Å². The molecule has 0 aliphatic rings. The van der Waals surface area contributed by atoms with Crippen LogP contribution < -0.4 is 15.4 Å². The van der Waals surface area contributed by atoms with Crippen LogP contribution in [-0.2, 0) is 0 Å². The highest BCUT2D eigenvalue weighted by atomic mass is 16.5. The van der Waals surface area contributed by atoms with Gasteiger partial charge in [0.15, 0.2) is 0 Å². The van der Waals surface area contributed by atoms with Gasteiger partial charge < -0.3 is 15.4 Å². The molecule has 92 valence electrons. The lowest BCUT2D eigenvalue weighted by molar-refractivity contribution is 0.241. The van der Waals surface area contributed by atoms with Crippen molar-refractivity contribution in [1.82, 2.24) is 10.6 Å². The van der Waals surface area contributed by atoms with Crippen LogP contribution in [0.3, 0.4) is 0 Å². The molecule has 0 aliphatic carbocycles. The monoisotopic (exact) mass is 234 g/mol. The molecule has 4 heteroatoms. The Morgan fingerprint density at radius 2 is 2.00 bits per heavy atom. The topological polar surface area (TPSA) is 50.4 Å². The van der Waals surface area contributed by atoms with E-state index in [9.17, 15) is 4.79 Å². The molecule has 1 atom stereocenters. The predicted molar refractivity (Wildman–Crippen MR) is 67.9 cm³/mol. The standard InChI is InChI=1S/C13H18N2O2/c1-4-9-14-13(16)15-10(2)11-5-7-12(17-3)8-6-11/h4-10H,1-3H3,(H2,14,15,16)/b9-4+. The van der Waals surface area contributed by atoms with Crippen LogP contribution in [0.5, 0.6) is 5.75 Å². The Morgan fingerprint density at radius 1 is 1.35 bits per heavy atom. The Labute approximate surface area is 102 Å². The predicted octanol–water partition coefficient (Wildman–Crippen LogP) is 2.59. The summed E-state index contributed by atoms with van der Waals surface area (Å²) in [6, 6.07) is 7.34. The molecule has 0 aromatic heterocycles. The van der Waals surface area contributed by atoms with Gasteiger partial charge in [-0.3, -0.25) is 0 Å². The lowest BCUT2D eigenvalue weighted by Gasteiger charge is -2.14. The average Bonchev–Trinajstić information content (AvgIpc) is 2.36. The number of rotatable bonds is 4. The fourth-order valence-electron chi connectivity index (χ4n) is 1.37. The highest BCUT2D eigenvalue weighted by Crippen LogP contribution is 2.16. The molecular weight excluding hydrogens is 216 g/mol. The Balaban J connectivity index is 2.56. The number of carbonyl (C=O) groups is 1. The van der Waals surface area contributed by atoms with E-state index in [0.29, 0.717) is 0 Å². The van der Waals surface area contributed by atoms with Gasteiger partial charge in [-0.1, -0.05) is 18.2 Å². The van der Waals surface area contributed by atoms with Crippen LogP contribution in [-0.4, -0.2) is 13.1 Å². The summed E-state index contributed by atoms with van der Waals surface area (Å²) >= 11 is 0. The zero-order chi connectivity index (χ0) is 12.7. The minimum Gasteiger partial charge on any atom is -0.497 e. The number of urea groups is 1. The van der Waals surface area contributed by atoms with Gasteiger partial charge >= 0.3 is 6.03 Å². The largest absolute Gasteiger partial charge is 0.497 e. The number of benzene rings is 1. The molecule has 0 fully saturated rings. The molecule has 2 amide bonds. The van der Waals surface area contributed by atoms with Crippen molar-refractivity contribution in [1.29, 1.82) is 0 Å². The van der Waals surface area contributed by atoms with Crippen LogP contribution in [0.1, 0.15) is 25.5 Å². The smallest absolute Gasteiger partial charge is 0.319 e. The molecule has 0 bridgehead atoms. The Bertz CT molecular complexity index is 385. The van der Waals surface area contributed by atoms with Crippen molar-refractivity contribution in [2.24, 2.45) is 0 Å². The van der Waals surface area contributed by atoms with Crippen LogP contribution in [0.2, 0.25) is 0 Å². The van der Waals surface area contributed by atoms with Crippen molar-refractivity contribution in [3.05, 3.63) is 42.1 Å². The summed E-state index contributed by atoms with van der Waals surface area (Å²) < 4.78 is 5.07. The highest BCUT2D eigenvalue weighted by molar-refractivity contribution is 5.75. The lowest BCUT2D eigenvalue weighted by Crippen LogP contribution is -2.34. The number of allylic oxidation sites excluding steroid dienone is 1. The maximum Gasteiger partial charge on any atom is 0.319 e. The lowest BCUT2D eigenvalue weighted by atomic mass is 10.1. The van der Waals surface area contributed by atoms with Crippen LogP contribution >= 0.6 is 0 Å². The first kappa shape index (κ1) is 13.1. The molecule has 17 heavy (non-hydrogen) atoms. The van der Waals surface area contributed by atoms with E-state index < -0.39 is 0 Å². The molecule has 4 nitrogen and oxygen atoms in total. The third kappa shape index (κ3) is 4.18. The number of carbonyl (C=O) groups excluding carboxylic acids is 1. The summed E-state index contributed by atoms with van der Waals surface area (Å²) in [7, 11) is 1.63. The molecule has 0 aliphatic heterocycles. The third-order valence-corrected chi connectivity index (χ3v) is 2.34. The first-order valence-corrected chi connectivity index (χ1v) is 5.49. The summed E-state index contributed by atoms with van der Waals surface area (Å²) in [5.41, 5.74) is 1.03. The molecule has 2 N–H and O–H groups in total. The van der Waals surface area contributed by atoms with Crippen LogP contribution in [0.25, 0.3) is 0 Å². The van der Waals surface area contributed by atoms with E-state index in [-0.39, 0.29) is 12.1 Å². The van der Waals surface area contributed by atoms with Gasteiger partial charge in [0.05, 0.1) is 13.2 Å². The van der Waals surface area contributed by atoms with E-state index in [1.54, 1.807) is 19.4 Å². The average molecular weight is 234 g/mol. The number of hydrogen-bond donors (Lipinski definition) is 2. The quantitative estimate of drug-likeness (QED) is 0.841. The summed E-state index contributed by atoms with van der Waals surface area (Å²) in [5.74, 6) is 0.805. The Hall–Kier alpha value is -1.97. The van der Waals surface area contributed by atoms with E-state index in [4.69, 9.17) is 4.74 Å². The molecule has 0 radical (unpaired) electrons. The van der Waals surface area contributed by atoms with Crippen LogP contribution in [0, 0.1) is 0 Å². The molecule has 1 unspecified atom stereocenters. The second kappa shape index (κ2) is 6.58. The number of ether oxygens (including phenoxy) is 1. The van der Waals surface area contributed by atoms with Gasteiger partial charge in [0.2, 0.25) is 0 Å². The Kier molecular flexibility index (Phi) is 5.07. The van der Waals surface area contributed by atoms with Gasteiger partial charge in [0.1, 0.15) is 5.75 Å². The fraction of sp³-hybridized carbons (Fsp3) is 0.308. The van der Waals surface area contributed by atoms with Gasteiger partial charge in [-0.05, 0) is 31.5 Å². The van der Waals surface area contributed by atoms with Crippen LogP contribution in [0.4, 0.5) is 4.79 Å². The molecule has 0 saturated heterocycles. The summed E-state index contributed by atoms with van der Waals surface area (Å²) in [5, 5.41) is 5.43. The number of amides is 2. The van der Waals surface area contributed by atoms with Crippen molar-refractivity contribution in [3.63, 3.8) is 0 Å². The Morgan fingerprint density at radius 3 is 2.53 bits per heavy atom. The van der Waals surface area contributed by atoms with E-state index in [0.717, 1.165) is 11.3 Å². The minimum absolute atomic E-state index is 0.0498. The second-order valence-electron chi connectivity index (χ2n) is 3.61. The molecule has 1 aromatic carbocycles. The molecular formula is C13H18N2O2. The molecule has 1 aromatic rings. The van der Waals surface area contributed by atoms with Gasteiger partial charge in [-0.25, -0.2) is 4.79 Å². The van der Waals surface area contributed by atoms with Crippen molar-refractivity contribution in [2.45, 2.75) is 19.9 Å². The zero-order valence-electron chi connectivity index (χ0n) is 10.4. The van der Waals surface area contributed by atoms with Gasteiger partial charge in [0, 0.05) is 6.20 Å². The first-order chi connectivity index (χ1) is 8.17. The van der Waals surface area contributed by atoms with E-state index >= 15 is 0 Å². The molecule has 0 spiro atoms. The van der Waals surface area contributed by atoms with Crippen molar-refractivity contribution >= 4 is 6.03 Å². The normalized spacial score (nSPS) is 12.2. The SMILES string of the molecule is C/C=C/NC(=O)NC(C)c1ccc(OC)cc1.